The summed E-state index contributed by atoms with van der Waals surface area (Å²) < 4.78 is 12.8. The summed E-state index contributed by atoms with van der Waals surface area (Å²) in [7, 11) is 1.61. The number of aromatic nitrogens is 1. The van der Waals surface area contributed by atoms with Gasteiger partial charge < -0.3 is 23.9 Å². The summed E-state index contributed by atoms with van der Waals surface area (Å²) in [4.78, 5) is 28.8. The third-order valence-electron chi connectivity index (χ3n) is 6.73. The molecule has 2 aromatic rings. The fourth-order valence-corrected chi connectivity index (χ4v) is 4.89. The van der Waals surface area contributed by atoms with Gasteiger partial charge >= 0.3 is 0 Å². The largest absolute Gasteiger partial charge is 0.463 e. The van der Waals surface area contributed by atoms with Gasteiger partial charge in [-0.2, -0.15) is 0 Å². The van der Waals surface area contributed by atoms with E-state index in [0.717, 1.165) is 31.4 Å². The molecule has 1 fully saturated rings. The van der Waals surface area contributed by atoms with Crippen molar-refractivity contribution in [2.24, 2.45) is 0 Å². The molecule has 2 aliphatic rings. The van der Waals surface area contributed by atoms with Crippen LogP contribution in [0, 0.1) is 0 Å². The summed E-state index contributed by atoms with van der Waals surface area (Å²) in [5.41, 5.74) is 0.370. The van der Waals surface area contributed by atoms with Gasteiger partial charge in [0.1, 0.15) is 17.0 Å². The van der Waals surface area contributed by atoms with E-state index in [1.807, 2.05) is 35.8 Å². The van der Waals surface area contributed by atoms with Crippen molar-refractivity contribution in [3.05, 3.63) is 36.2 Å². The Kier molecular flexibility index (Phi) is 6.51. The maximum Gasteiger partial charge on any atom is 0.271 e. The lowest BCUT2D eigenvalue weighted by atomic mass is 9.92. The van der Waals surface area contributed by atoms with Crippen molar-refractivity contribution < 1.29 is 18.7 Å². The van der Waals surface area contributed by atoms with Crippen LogP contribution in [0.15, 0.2) is 34.9 Å². The zero-order valence-electron chi connectivity index (χ0n) is 18.6. The second-order valence-corrected chi connectivity index (χ2v) is 8.91. The van der Waals surface area contributed by atoms with Crippen molar-refractivity contribution in [1.82, 2.24) is 14.8 Å². The highest BCUT2D eigenvalue weighted by molar-refractivity contribution is 6.00. The molecular weight excluding hydrogens is 394 g/mol. The summed E-state index contributed by atoms with van der Waals surface area (Å²) in [6.45, 7) is 2.99. The van der Waals surface area contributed by atoms with Gasteiger partial charge in [-0.05, 0) is 44.0 Å². The van der Waals surface area contributed by atoms with Gasteiger partial charge in [0.05, 0.1) is 25.1 Å². The predicted octanol–water partition coefficient (Wildman–Crippen LogP) is 3.84. The van der Waals surface area contributed by atoms with Gasteiger partial charge in [-0.3, -0.25) is 9.59 Å². The van der Waals surface area contributed by atoms with Crippen LogP contribution in [0.2, 0.25) is 0 Å². The minimum absolute atomic E-state index is 0.0905. The topological polar surface area (TPSA) is 76.7 Å². The Morgan fingerprint density at radius 2 is 1.87 bits per heavy atom. The van der Waals surface area contributed by atoms with Gasteiger partial charge in [-0.15, -0.1) is 0 Å². The Bertz CT molecular complexity index is 896. The van der Waals surface area contributed by atoms with E-state index in [9.17, 15) is 9.59 Å². The molecule has 1 N–H and O–H groups in total. The van der Waals surface area contributed by atoms with Gasteiger partial charge in [0.25, 0.3) is 5.91 Å². The van der Waals surface area contributed by atoms with E-state index in [4.69, 9.17) is 9.15 Å². The molecule has 7 nitrogen and oxygen atoms in total. The van der Waals surface area contributed by atoms with Crippen molar-refractivity contribution in [3.8, 4) is 11.5 Å². The molecule has 1 unspecified atom stereocenters. The number of amides is 2. The molecule has 2 amide bonds. The molecule has 0 spiro atoms. The minimum atomic E-state index is -1.01. The molecule has 0 radical (unpaired) electrons. The first-order valence-electron chi connectivity index (χ1n) is 11.4. The summed E-state index contributed by atoms with van der Waals surface area (Å²) in [5.74, 6) is 0.441. The zero-order valence-corrected chi connectivity index (χ0v) is 18.6. The second kappa shape index (κ2) is 9.30. The standard InChI is InChI=1S/C24H33N3O4/c1-24(23(29)25-18-9-6-4-3-5-7-10-18)17-26-19(21-11-8-15-31-21)12-13-20(26)22(28)27(24)14-16-30-2/h8,11-13,15,18H,3-7,9-10,14,16-17H2,1-2H3,(H,25,29). The lowest BCUT2D eigenvalue weighted by molar-refractivity contribution is -0.134. The first kappa shape index (κ1) is 21.7. The number of hydrogen-bond acceptors (Lipinski definition) is 4. The Morgan fingerprint density at radius 3 is 2.55 bits per heavy atom. The van der Waals surface area contributed by atoms with E-state index < -0.39 is 5.54 Å². The number of carbonyl (C=O) groups excluding carboxylic acids is 2. The Labute approximate surface area is 183 Å². The summed E-state index contributed by atoms with van der Waals surface area (Å²) in [5, 5.41) is 3.29. The molecule has 1 saturated carbocycles. The van der Waals surface area contributed by atoms with Gasteiger partial charge in [-0.1, -0.05) is 32.1 Å². The Hall–Kier alpha value is -2.54. The van der Waals surface area contributed by atoms with Gasteiger partial charge in [0.2, 0.25) is 5.91 Å². The van der Waals surface area contributed by atoms with E-state index in [1.54, 1.807) is 18.3 Å². The SMILES string of the molecule is COCCN1C(=O)c2ccc(-c3ccco3)n2CC1(C)C(=O)NC1CCCCCCC1. The lowest BCUT2D eigenvalue weighted by Gasteiger charge is -2.44. The zero-order chi connectivity index (χ0) is 21.8. The molecule has 31 heavy (non-hydrogen) atoms. The first-order chi connectivity index (χ1) is 15.0. The highest BCUT2D eigenvalue weighted by atomic mass is 16.5. The molecule has 0 bridgehead atoms. The van der Waals surface area contributed by atoms with Gasteiger partial charge in [-0.25, -0.2) is 0 Å². The maximum atomic E-state index is 13.7. The van der Waals surface area contributed by atoms with Crippen LogP contribution in [0.4, 0.5) is 0 Å². The van der Waals surface area contributed by atoms with Crippen LogP contribution in [0.25, 0.3) is 11.5 Å². The molecule has 0 saturated heterocycles. The van der Waals surface area contributed by atoms with Crippen molar-refractivity contribution >= 4 is 11.8 Å². The predicted molar refractivity (Wildman–Crippen MR) is 118 cm³/mol. The normalized spacial score (nSPS) is 22.6. The van der Waals surface area contributed by atoms with Crippen LogP contribution < -0.4 is 5.32 Å². The molecule has 7 heteroatoms. The van der Waals surface area contributed by atoms with E-state index in [2.05, 4.69) is 5.32 Å². The first-order valence-corrected chi connectivity index (χ1v) is 11.4. The molecule has 3 heterocycles. The van der Waals surface area contributed by atoms with E-state index >= 15 is 0 Å². The summed E-state index contributed by atoms with van der Waals surface area (Å²) in [6, 6.07) is 7.56. The fraction of sp³-hybridized carbons (Fsp3) is 0.583. The number of methoxy groups -OCH3 is 1. The van der Waals surface area contributed by atoms with Crippen LogP contribution in [0.3, 0.4) is 0 Å². The van der Waals surface area contributed by atoms with Crippen molar-refractivity contribution in [1.29, 1.82) is 0 Å². The fourth-order valence-electron chi connectivity index (χ4n) is 4.89. The van der Waals surface area contributed by atoms with Crippen LogP contribution in [-0.4, -0.2) is 53.1 Å². The average molecular weight is 428 g/mol. The molecule has 4 rings (SSSR count). The number of ether oxygens (including phenoxy) is 1. The smallest absolute Gasteiger partial charge is 0.271 e. The Balaban J connectivity index is 1.64. The third kappa shape index (κ3) is 4.28. The van der Waals surface area contributed by atoms with Crippen molar-refractivity contribution in [3.63, 3.8) is 0 Å². The highest BCUT2D eigenvalue weighted by Gasteiger charge is 2.48. The number of carbonyl (C=O) groups is 2. The quantitative estimate of drug-likeness (QED) is 0.760. The third-order valence-corrected chi connectivity index (χ3v) is 6.73. The molecule has 1 atom stereocenters. The highest BCUT2D eigenvalue weighted by Crippen LogP contribution is 2.33. The lowest BCUT2D eigenvalue weighted by Crippen LogP contribution is -2.65. The van der Waals surface area contributed by atoms with Crippen LogP contribution >= 0.6 is 0 Å². The van der Waals surface area contributed by atoms with E-state index in [-0.39, 0.29) is 17.9 Å². The molecule has 168 valence electrons. The monoisotopic (exact) mass is 427 g/mol. The number of nitrogens with one attached hydrogen (secondary N) is 1. The maximum absolute atomic E-state index is 13.7. The number of rotatable bonds is 6. The van der Waals surface area contributed by atoms with E-state index in [0.29, 0.717) is 31.2 Å². The van der Waals surface area contributed by atoms with Crippen LogP contribution in [0.5, 0.6) is 0 Å². The molecule has 0 aromatic carbocycles. The van der Waals surface area contributed by atoms with Crippen LogP contribution in [-0.2, 0) is 16.1 Å². The minimum Gasteiger partial charge on any atom is -0.463 e. The van der Waals surface area contributed by atoms with Gasteiger partial charge in [0, 0.05) is 19.7 Å². The second-order valence-electron chi connectivity index (χ2n) is 8.91. The molecule has 1 aliphatic heterocycles. The summed E-state index contributed by atoms with van der Waals surface area (Å²) in [6.07, 6.45) is 9.62. The van der Waals surface area contributed by atoms with Crippen LogP contribution in [0.1, 0.15) is 62.4 Å². The molecule has 1 aliphatic carbocycles. The van der Waals surface area contributed by atoms with Gasteiger partial charge in [0.15, 0.2) is 0 Å². The average Bonchev–Trinajstić information content (AvgIpc) is 3.39. The number of hydrogen-bond donors (Lipinski definition) is 1. The number of furan rings is 1. The van der Waals surface area contributed by atoms with Crippen molar-refractivity contribution in [2.45, 2.75) is 70.0 Å². The molecule has 2 aromatic heterocycles. The molecular formula is C24H33N3O4. The summed E-state index contributed by atoms with van der Waals surface area (Å²) >= 11 is 0. The van der Waals surface area contributed by atoms with E-state index in [1.165, 1.54) is 19.3 Å². The Morgan fingerprint density at radius 1 is 1.16 bits per heavy atom. The van der Waals surface area contributed by atoms with Crippen molar-refractivity contribution in [2.75, 3.05) is 20.3 Å². The number of nitrogens with zero attached hydrogens (tertiary/aromatic N) is 2. The number of fused-ring (bicyclic) bond motifs is 1.